The van der Waals surface area contributed by atoms with Gasteiger partial charge in [-0.3, -0.25) is 4.90 Å². The van der Waals surface area contributed by atoms with E-state index < -0.39 is 6.10 Å². The summed E-state index contributed by atoms with van der Waals surface area (Å²) < 4.78 is 10.9. The molecule has 1 heterocycles. The number of benzene rings is 1. The molecule has 0 bridgehead atoms. The van der Waals surface area contributed by atoms with Crippen molar-refractivity contribution in [3.05, 3.63) is 27.8 Å². The number of rotatable bonds is 6. The highest BCUT2D eigenvalue weighted by atomic mass is 35.5. The summed E-state index contributed by atoms with van der Waals surface area (Å²) in [6.07, 6.45) is 0.0174. The molecular weight excluding hydrogens is 304 g/mol. The molecule has 0 radical (unpaired) electrons. The van der Waals surface area contributed by atoms with Gasteiger partial charge in [-0.2, -0.15) is 0 Å². The smallest absolute Gasteiger partial charge is 0.128 e. The molecule has 0 aromatic heterocycles. The first kappa shape index (κ1) is 17.5. The van der Waals surface area contributed by atoms with E-state index in [1.165, 1.54) is 0 Å². The van der Waals surface area contributed by atoms with Crippen LogP contribution >= 0.6 is 11.6 Å². The minimum Gasteiger partial charge on any atom is -0.496 e. The van der Waals surface area contributed by atoms with Crippen LogP contribution in [0.25, 0.3) is 0 Å². The van der Waals surface area contributed by atoms with Gasteiger partial charge in [0.1, 0.15) is 5.75 Å². The molecule has 0 saturated carbocycles. The van der Waals surface area contributed by atoms with Gasteiger partial charge >= 0.3 is 0 Å². The van der Waals surface area contributed by atoms with Crippen LogP contribution in [0, 0.1) is 6.92 Å². The third kappa shape index (κ3) is 3.91. The van der Waals surface area contributed by atoms with Crippen molar-refractivity contribution in [2.75, 3.05) is 46.5 Å². The van der Waals surface area contributed by atoms with Gasteiger partial charge in [0.05, 0.1) is 26.4 Å². The first-order valence-corrected chi connectivity index (χ1v) is 8.00. The van der Waals surface area contributed by atoms with E-state index in [4.69, 9.17) is 26.8 Å². The van der Waals surface area contributed by atoms with Crippen LogP contribution in [0.2, 0.25) is 5.02 Å². The van der Waals surface area contributed by atoms with Gasteiger partial charge in [-0.1, -0.05) is 11.6 Å². The van der Waals surface area contributed by atoms with E-state index in [9.17, 15) is 5.11 Å². The molecule has 0 aliphatic carbocycles. The van der Waals surface area contributed by atoms with E-state index in [1.807, 2.05) is 13.0 Å². The van der Waals surface area contributed by atoms with Crippen molar-refractivity contribution >= 4 is 11.6 Å². The number of β-amino-alcohol motifs (C(OH)–C–C–N with tert-alkyl or cyclic N) is 1. The standard InChI is InChI=1S/C16H25ClN2O3/c1-11-13(17)9-12(3-4-18)16(21-2)15(11)14(20)10-19-5-7-22-8-6-19/h9,14,20H,3-8,10,18H2,1-2H3. The summed E-state index contributed by atoms with van der Waals surface area (Å²) in [4.78, 5) is 2.19. The lowest BCUT2D eigenvalue weighted by Crippen LogP contribution is -2.39. The lowest BCUT2D eigenvalue weighted by molar-refractivity contribution is 0.0138. The molecule has 1 aliphatic rings. The molecule has 0 spiro atoms. The Kier molecular flexibility index (Phi) is 6.47. The highest BCUT2D eigenvalue weighted by Crippen LogP contribution is 2.37. The van der Waals surface area contributed by atoms with Crippen molar-refractivity contribution in [3.63, 3.8) is 0 Å². The molecular formula is C16H25ClN2O3. The Bertz CT molecular complexity index is 505. The van der Waals surface area contributed by atoms with E-state index >= 15 is 0 Å². The summed E-state index contributed by atoms with van der Waals surface area (Å²) in [6, 6.07) is 1.88. The minimum atomic E-state index is -0.650. The summed E-state index contributed by atoms with van der Waals surface area (Å²) in [7, 11) is 1.62. The van der Waals surface area contributed by atoms with Gasteiger partial charge in [-0.05, 0) is 37.1 Å². The van der Waals surface area contributed by atoms with Crippen LogP contribution in [-0.4, -0.2) is 56.5 Å². The Labute approximate surface area is 136 Å². The van der Waals surface area contributed by atoms with Crippen molar-refractivity contribution in [1.29, 1.82) is 0 Å². The zero-order chi connectivity index (χ0) is 16.1. The molecule has 1 aliphatic heterocycles. The number of aliphatic hydroxyl groups excluding tert-OH is 1. The zero-order valence-electron chi connectivity index (χ0n) is 13.3. The monoisotopic (exact) mass is 328 g/mol. The molecule has 124 valence electrons. The Morgan fingerprint density at radius 1 is 1.45 bits per heavy atom. The van der Waals surface area contributed by atoms with Gasteiger partial charge in [-0.25, -0.2) is 0 Å². The molecule has 3 N–H and O–H groups in total. The molecule has 2 rings (SSSR count). The molecule has 6 heteroatoms. The third-order valence-corrected chi connectivity index (χ3v) is 4.48. The van der Waals surface area contributed by atoms with Gasteiger partial charge in [0, 0.05) is 30.2 Å². The Morgan fingerprint density at radius 2 is 2.14 bits per heavy atom. The molecule has 1 fully saturated rings. The Balaban J connectivity index is 2.30. The normalized spacial score (nSPS) is 17.5. The average molecular weight is 329 g/mol. The van der Waals surface area contributed by atoms with Gasteiger partial charge < -0.3 is 20.3 Å². The highest BCUT2D eigenvalue weighted by Gasteiger charge is 2.24. The fourth-order valence-corrected chi connectivity index (χ4v) is 3.14. The van der Waals surface area contributed by atoms with Crippen molar-refractivity contribution in [3.8, 4) is 5.75 Å². The van der Waals surface area contributed by atoms with Gasteiger partial charge in [0.15, 0.2) is 0 Å². The van der Waals surface area contributed by atoms with E-state index in [0.29, 0.717) is 43.5 Å². The van der Waals surface area contributed by atoms with Crippen molar-refractivity contribution < 1.29 is 14.6 Å². The first-order valence-electron chi connectivity index (χ1n) is 7.62. The van der Waals surface area contributed by atoms with E-state index in [1.54, 1.807) is 7.11 Å². The summed E-state index contributed by atoms with van der Waals surface area (Å²) in [5, 5.41) is 11.4. The summed E-state index contributed by atoms with van der Waals surface area (Å²) in [6.45, 7) is 6.03. The Morgan fingerprint density at radius 3 is 2.73 bits per heavy atom. The number of hydrogen-bond acceptors (Lipinski definition) is 5. The maximum atomic E-state index is 10.7. The third-order valence-electron chi connectivity index (χ3n) is 4.09. The molecule has 1 aromatic rings. The number of morpholine rings is 1. The predicted octanol–water partition coefficient (Wildman–Crippen LogP) is 1.52. The maximum absolute atomic E-state index is 10.7. The van der Waals surface area contributed by atoms with E-state index in [-0.39, 0.29) is 0 Å². The van der Waals surface area contributed by atoms with Crippen LogP contribution in [0.1, 0.15) is 22.8 Å². The van der Waals surface area contributed by atoms with E-state index in [2.05, 4.69) is 4.90 Å². The second-order valence-electron chi connectivity index (χ2n) is 5.56. The lowest BCUT2D eigenvalue weighted by Gasteiger charge is -2.30. The van der Waals surface area contributed by atoms with Crippen LogP contribution in [0.15, 0.2) is 6.07 Å². The fraction of sp³-hybridized carbons (Fsp3) is 0.625. The summed E-state index contributed by atoms with van der Waals surface area (Å²) in [5.41, 5.74) is 8.24. The number of methoxy groups -OCH3 is 1. The molecule has 1 saturated heterocycles. The topological polar surface area (TPSA) is 68.0 Å². The summed E-state index contributed by atoms with van der Waals surface area (Å²) in [5.74, 6) is 0.702. The quantitative estimate of drug-likeness (QED) is 0.829. The van der Waals surface area contributed by atoms with Crippen molar-refractivity contribution in [2.24, 2.45) is 5.73 Å². The minimum absolute atomic E-state index is 0.509. The highest BCUT2D eigenvalue weighted by molar-refractivity contribution is 6.31. The van der Waals surface area contributed by atoms with Gasteiger partial charge in [-0.15, -0.1) is 0 Å². The number of halogens is 1. The van der Waals surface area contributed by atoms with Gasteiger partial charge in [0.25, 0.3) is 0 Å². The molecule has 1 unspecified atom stereocenters. The second kappa shape index (κ2) is 8.13. The average Bonchev–Trinajstić information content (AvgIpc) is 2.51. The SMILES string of the molecule is COc1c(CCN)cc(Cl)c(C)c1C(O)CN1CCOCC1. The zero-order valence-corrected chi connectivity index (χ0v) is 14.0. The van der Waals surface area contributed by atoms with Crippen LogP contribution in [0.4, 0.5) is 0 Å². The van der Waals surface area contributed by atoms with Crippen molar-refractivity contribution in [1.82, 2.24) is 4.90 Å². The maximum Gasteiger partial charge on any atom is 0.128 e. The predicted molar refractivity (Wildman–Crippen MR) is 87.7 cm³/mol. The van der Waals surface area contributed by atoms with Crippen molar-refractivity contribution in [2.45, 2.75) is 19.4 Å². The second-order valence-corrected chi connectivity index (χ2v) is 5.96. The molecule has 5 nitrogen and oxygen atoms in total. The largest absolute Gasteiger partial charge is 0.496 e. The van der Waals surface area contributed by atoms with Crippen LogP contribution < -0.4 is 10.5 Å². The number of nitrogens with zero attached hydrogens (tertiary/aromatic N) is 1. The Hall–Kier alpha value is -0.850. The fourth-order valence-electron chi connectivity index (χ4n) is 2.90. The first-order chi connectivity index (χ1) is 10.6. The molecule has 22 heavy (non-hydrogen) atoms. The number of nitrogens with two attached hydrogens (primary N) is 1. The molecule has 0 amide bonds. The number of aliphatic hydroxyl groups is 1. The van der Waals surface area contributed by atoms with Crippen LogP contribution in [0.5, 0.6) is 5.75 Å². The van der Waals surface area contributed by atoms with Crippen LogP contribution in [-0.2, 0) is 11.2 Å². The van der Waals surface area contributed by atoms with Gasteiger partial charge in [0.2, 0.25) is 0 Å². The molecule has 1 aromatic carbocycles. The number of ether oxygens (including phenoxy) is 2. The molecule has 1 atom stereocenters. The van der Waals surface area contributed by atoms with Crippen LogP contribution in [0.3, 0.4) is 0 Å². The van der Waals surface area contributed by atoms with E-state index in [0.717, 1.165) is 29.8 Å². The summed E-state index contributed by atoms with van der Waals surface area (Å²) >= 11 is 6.33. The number of hydrogen-bond donors (Lipinski definition) is 2. The lowest BCUT2D eigenvalue weighted by atomic mass is 9.96.